The summed E-state index contributed by atoms with van der Waals surface area (Å²) in [5.74, 6) is 0.718. The van der Waals surface area contributed by atoms with Crippen LogP contribution in [0.2, 0.25) is 0 Å². The molecule has 0 aromatic heterocycles. The van der Waals surface area contributed by atoms with Gasteiger partial charge in [-0.25, -0.2) is 0 Å². The number of aliphatic imine (C=N–C) groups is 1. The van der Waals surface area contributed by atoms with Gasteiger partial charge in [-0.2, -0.15) is 0 Å². The minimum Gasteiger partial charge on any atom is -0.381 e. The molecule has 1 atom stereocenters. The molecule has 116 valence electrons. The minimum absolute atomic E-state index is 0.00134. The lowest BCUT2D eigenvalue weighted by Gasteiger charge is -2.31. The van der Waals surface area contributed by atoms with Gasteiger partial charge < -0.3 is 25.3 Å². The van der Waals surface area contributed by atoms with Gasteiger partial charge in [0.25, 0.3) is 0 Å². The van der Waals surface area contributed by atoms with Gasteiger partial charge in [0.2, 0.25) is 0 Å². The Hall–Kier alpha value is -0.850. The van der Waals surface area contributed by atoms with Crippen molar-refractivity contribution in [2.45, 2.75) is 45.0 Å². The summed E-state index contributed by atoms with van der Waals surface area (Å²) in [6, 6.07) is 0. The quantitative estimate of drug-likeness (QED) is 0.578. The van der Waals surface area contributed by atoms with Gasteiger partial charge in [0.1, 0.15) is 6.10 Å². The van der Waals surface area contributed by atoms with Crippen molar-refractivity contribution in [3.05, 3.63) is 0 Å². The van der Waals surface area contributed by atoms with E-state index in [1.165, 1.54) is 0 Å². The van der Waals surface area contributed by atoms with Crippen molar-refractivity contribution in [3.8, 4) is 0 Å². The van der Waals surface area contributed by atoms with E-state index in [4.69, 9.17) is 19.9 Å². The molecular formula is C14H27N3O3. The van der Waals surface area contributed by atoms with Crippen molar-refractivity contribution in [2.24, 2.45) is 16.6 Å². The van der Waals surface area contributed by atoms with Crippen LogP contribution in [0, 0.1) is 5.92 Å². The van der Waals surface area contributed by atoms with E-state index in [1.807, 2.05) is 0 Å². The molecule has 6 heteroatoms. The zero-order valence-electron chi connectivity index (χ0n) is 12.6. The fourth-order valence-corrected chi connectivity index (χ4v) is 2.40. The Morgan fingerprint density at radius 2 is 2.15 bits per heavy atom. The first-order valence-corrected chi connectivity index (χ1v) is 7.53. The normalized spacial score (nSPS) is 26.4. The van der Waals surface area contributed by atoms with Crippen molar-refractivity contribution in [2.75, 3.05) is 32.9 Å². The van der Waals surface area contributed by atoms with Crippen molar-refractivity contribution in [3.63, 3.8) is 0 Å². The second kappa shape index (κ2) is 7.24. The maximum Gasteiger partial charge on any atom is 0.188 e. The average molecular weight is 285 g/mol. The van der Waals surface area contributed by atoms with Gasteiger partial charge in [-0.3, -0.25) is 4.99 Å². The van der Waals surface area contributed by atoms with E-state index in [-0.39, 0.29) is 6.10 Å². The molecule has 6 nitrogen and oxygen atoms in total. The summed E-state index contributed by atoms with van der Waals surface area (Å²) in [4.78, 5) is 4.33. The van der Waals surface area contributed by atoms with Crippen LogP contribution in [0.3, 0.4) is 0 Å². The van der Waals surface area contributed by atoms with Crippen molar-refractivity contribution in [1.82, 2.24) is 5.32 Å². The van der Waals surface area contributed by atoms with Gasteiger partial charge in [0.15, 0.2) is 11.7 Å². The summed E-state index contributed by atoms with van der Waals surface area (Å²) in [5.41, 5.74) is 5.83. The number of nitrogens with one attached hydrogen (secondary N) is 1. The lowest BCUT2D eigenvalue weighted by Crippen LogP contribution is -2.38. The van der Waals surface area contributed by atoms with E-state index >= 15 is 0 Å². The Morgan fingerprint density at radius 3 is 2.85 bits per heavy atom. The Kier molecular flexibility index (Phi) is 5.63. The Bertz CT molecular complexity index is 328. The third-order valence-corrected chi connectivity index (χ3v) is 3.66. The van der Waals surface area contributed by atoms with Crippen LogP contribution < -0.4 is 11.1 Å². The maximum absolute atomic E-state index is 5.99. The van der Waals surface area contributed by atoms with Crippen LogP contribution in [0.25, 0.3) is 0 Å². The zero-order chi connectivity index (χ0) is 14.4. The van der Waals surface area contributed by atoms with Gasteiger partial charge in [-0.1, -0.05) is 13.8 Å². The molecule has 0 aromatic carbocycles. The SMILES string of the molecule is CC(C)CCNC(N)=NCC1COC2(CCOCC2)O1. The molecule has 2 fully saturated rings. The van der Waals surface area contributed by atoms with E-state index < -0.39 is 5.79 Å². The van der Waals surface area contributed by atoms with E-state index in [0.29, 0.717) is 38.2 Å². The molecule has 0 radical (unpaired) electrons. The third-order valence-electron chi connectivity index (χ3n) is 3.66. The molecule has 0 saturated carbocycles. The number of nitrogens with two attached hydrogens (primary N) is 1. The molecule has 1 unspecified atom stereocenters. The fourth-order valence-electron chi connectivity index (χ4n) is 2.40. The summed E-state index contributed by atoms with van der Waals surface area (Å²) in [7, 11) is 0. The Balaban J connectivity index is 1.69. The highest BCUT2D eigenvalue weighted by molar-refractivity contribution is 5.77. The van der Waals surface area contributed by atoms with Crippen LogP contribution in [0.4, 0.5) is 0 Å². The molecule has 2 heterocycles. The van der Waals surface area contributed by atoms with Crippen LogP contribution in [-0.2, 0) is 14.2 Å². The molecule has 2 saturated heterocycles. The predicted molar refractivity (Wildman–Crippen MR) is 77.6 cm³/mol. The molecule has 2 aliphatic heterocycles. The standard InChI is InChI=1S/C14H27N3O3/c1-11(2)3-6-16-13(15)17-9-12-10-19-14(20-12)4-7-18-8-5-14/h11-12H,3-10H2,1-2H3,(H3,15,16,17). The Labute approximate surface area is 121 Å². The first-order chi connectivity index (χ1) is 9.60. The van der Waals surface area contributed by atoms with E-state index in [2.05, 4.69) is 24.2 Å². The van der Waals surface area contributed by atoms with Gasteiger partial charge in [0.05, 0.1) is 26.4 Å². The van der Waals surface area contributed by atoms with Gasteiger partial charge in [-0.05, 0) is 12.3 Å². The largest absolute Gasteiger partial charge is 0.381 e. The second-order valence-electron chi connectivity index (χ2n) is 5.91. The lowest BCUT2D eigenvalue weighted by molar-refractivity contribution is -0.210. The number of hydrogen-bond acceptors (Lipinski definition) is 4. The van der Waals surface area contributed by atoms with Crippen LogP contribution in [0.15, 0.2) is 4.99 Å². The fraction of sp³-hybridized carbons (Fsp3) is 0.929. The van der Waals surface area contributed by atoms with Crippen molar-refractivity contribution >= 4 is 5.96 Å². The molecule has 2 aliphatic rings. The number of guanidine groups is 1. The van der Waals surface area contributed by atoms with Crippen LogP contribution in [0.5, 0.6) is 0 Å². The zero-order valence-corrected chi connectivity index (χ0v) is 12.6. The second-order valence-corrected chi connectivity index (χ2v) is 5.91. The van der Waals surface area contributed by atoms with Gasteiger partial charge in [-0.15, -0.1) is 0 Å². The van der Waals surface area contributed by atoms with Crippen LogP contribution in [0.1, 0.15) is 33.1 Å². The molecule has 1 spiro atoms. The topological polar surface area (TPSA) is 78.1 Å². The lowest BCUT2D eigenvalue weighted by atomic mass is 10.1. The minimum atomic E-state index is -0.432. The molecule has 0 aliphatic carbocycles. The number of rotatable bonds is 5. The first-order valence-electron chi connectivity index (χ1n) is 7.53. The highest BCUT2D eigenvalue weighted by Crippen LogP contribution is 2.33. The van der Waals surface area contributed by atoms with E-state index in [1.54, 1.807) is 0 Å². The predicted octanol–water partition coefficient (Wildman–Crippen LogP) is 0.859. The number of nitrogens with zero attached hydrogens (tertiary/aromatic N) is 1. The smallest absolute Gasteiger partial charge is 0.188 e. The summed E-state index contributed by atoms with van der Waals surface area (Å²) >= 11 is 0. The number of hydrogen-bond donors (Lipinski definition) is 2. The van der Waals surface area contributed by atoms with Crippen LogP contribution >= 0.6 is 0 Å². The molecule has 20 heavy (non-hydrogen) atoms. The third kappa shape index (κ3) is 4.61. The highest BCUT2D eigenvalue weighted by Gasteiger charge is 2.42. The Morgan fingerprint density at radius 1 is 1.40 bits per heavy atom. The first kappa shape index (κ1) is 15.5. The molecule has 3 N–H and O–H groups in total. The molecule has 0 amide bonds. The van der Waals surface area contributed by atoms with Crippen molar-refractivity contribution in [1.29, 1.82) is 0 Å². The molecule has 2 rings (SSSR count). The summed E-state index contributed by atoms with van der Waals surface area (Å²) < 4.78 is 17.1. The van der Waals surface area contributed by atoms with E-state index in [0.717, 1.165) is 25.8 Å². The van der Waals surface area contributed by atoms with Crippen molar-refractivity contribution < 1.29 is 14.2 Å². The van der Waals surface area contributed by atoms with Crippen LogP contribution in [-0.4, -0.2) is 50.8 Å². The maximum atomic E-state index is 5.99. The average Bonchev–Trinajstić information content (AvgIpc) is 2.80. The molecule has 0 aromatic rings. The number of ether oxygens (including phenoxy) is 3. The summed E-state index contributed by atoms with van der Waals surface area (Å²) in [5, 5.41) is 3.12. The molecular weight excluding hydrogens is 258 g/mol. The summed E-state index contributed by atoms with van der Waals surface area (Å²) in [6.07, 6.45) is 2.69. The van der Waals surface area contributed by atoms with E-state index in [9.17, 15) is 0 Å². The van der Waals surface area contributed by atoms with Gasteiger partial charge in [0, 0.05) is 19.4 Å². The monoisotopic (exact) mass is 285 g/mol. The molecule has 0 bridgehead atoms. The highest BCUT2D eigenvalue weighted by atomic mass is 16.7. The van der Waals surface area contributed by atoms with Gasteiger partial charge >= 0.3 is 0 Å². The summed E-state index contributed by atoms with van der Waals surface area (Å²) in [6.45, 7) is 7.77.